The highest BCUT2D eigenvalue weighted by Crippen LogP contribution is 2.33. The summed E-state index contributed by atoms with van der Waals surface area (Å²) >= 11 is 12.4. The summed E-state index contributed by atoms with van der Waals surface area (Å²) in [5.74, 6) is 0.0127. The number of ether oxygens (including phenoxy) is 1. The van der Waals surface area contributed by atoms with Gasteiger partial charge in [-0.25, -0.2) is 8.42 Å². The number of amides is 2. The van der Waals surface area contributed by atoms with Gasteiger partial charge in [-0.05, 0) is 42.2 Å². The van der Waals surface area contributed by atoms with Crippen molar-refractivity contribution in [1.29, 1.82) is 0 Å². The first-order valence-electron chi connectivity index (χ1n) is 11.5. The molecule has 2 aromatic carbocycles. The SMILES string of the molecule is CC[C@H](C(=O)NCC(C)C)N(Cc1ccc(OC)cc1)C(=O)CN(c1cccc(Cl)c1Cl)S(C)(=O)=O. The van der Waals surface area contributed by atoms with Gasteiger partial charge in [0.1, 0.15) is 18.3 Å². The zero-order valence-electron chi connectivity index (χ0n) is 21.1. The minimum atomic E-state index is -3.92. The molecule has 1 atom stereocenters. The van der Waals surface area contributed by atoms with Gasteiger partial charge in [-0.2, -0.15) is 0 Å². The van der Waals surface area contributed by atoms with E-state index in [0.29, 0.717) is 18.7 Å². The van der Waals surface area contributed by atoms with E-state index in [0.717, 1.165) is 16.1 Å². The zero-order chi connectivity index (χ0) is 27.0. The molecule has 0 aliphatic rings. The first-order valence-corrected chi connectivity index (χ1v) is 14.1. The minimum absolute atomic E-state index is 0.0146. The Morgan fingerprint density at radius 2 is 1.72 bits per heavy atom. The number of hydrogen-bond acceptors (Lipinski definition) is 5. The molecule has 0 aliphatic carbocycles. The lowest BCUT2D eigenvalue weighted by Gasteiger charge is -2.33. The lowest BCUT2D eigenvalue weighted by Crippen LogP contribution is -2.52. The van der Waals surface area contributed by atoms with Crippen molar-refractivity contribution in [2.75, 3.05) is 30.8 Å². The highest BCUT2D eigenvalue weighted by molar-refractivity contribution is 7.92. The molecule has 198 valence electrons. The van der Waals surface area contributed by atoms with Crippen LogP contribution >= 0.6 is 23.2 Å². The second-order valence-corrected chi connectivity index (χ2v) is 11.5. The summed E-state index contributed by atoms with van der Waals surface area (Å²) in [4.78, 5) is 28.1. The van der Waals surface area contributed by atoms with Gasteiger partial charge in [-0.1, -0.05) is 62.2 Å². The maximum absolute atomic E-state index is 13.7. The summed E-state index contributed by atoms with van der Waals surface area (Å²) in [7, 11) is -2.36. The Hall–Kier alpha value is -2.49. The maximum Gasteiger partial charge on any atom is 0.244 e. The van der Waals surface area contributed by atoms with Gasteiger partial charge in [0.2, 0.25) is 21.8 Å². The number of methoxy groups -OCH3 is 1. The van der Waals surface area contributed by atoms with Gasteiger partial charge in [-0.3, -0.25) is 13.9 Å². The number of anilines is 1. The van der Waals surface area contributed by atoms with Crippen molar-refractivity contribution < 1.29 is 22.7 Å². The molecule has 0 heterocycles. The number of rotatable bonds is 12. The van der Waals surface area contributed by atoms with E-state index in [1.54, 1.807) is 44.4 Å². The van der Waals surface area contributed by atoms with E-state index in [4.69, 9.17) is 27.9 Å². The summed E-state index contributed by atoms with van der Waals surface area (Å²) in [6.07, 6.45) is 1.32. The molecule has 0 fully saturated rings. The van der Waals surface area contributed by atoms with Gasteiger partial charge >= 0.3 is 0 Å². The third-order valence-corrected chi connectivity index (χ3v) is 7.40. The van der Waals surface area contributed by atoms with Gasteiger partial charge < -0.3 is 15.0 Å². The topological polar surface area (TPSA) is 96.0 Å². The molecule has 36 heavy (non-hydrogen) atoms. The van der Waals surface area contributed by atoms with E-state index >= 15 is 0 Å². The Bertz CT molecular complexity index is 1160. The van der Waals surface area contributed by atoms with Crippen LogP contribution in [0.4, 0.5) is 5.69 Å². The molecule has 0 spiro atoms. The number of halogens is 2. The Morgan fingerprint density at radius 3 is 2.25 bits per heavy atom. The smallest absolute Gasteiger partial charge is 0.244 e. The first kappa shape index (κ1) is 29.7. The van der Waals surface area contributed by atoms with E-state index in [-0.39, 0.29) is 34.1 Å². The molecule has 8 nitrogen and oxygen atoms in total. The van der Waals surface area contributed by atoms with E-state index in [1.165, 1.54) is 17.0 Å². The maximum atomic E-state index is 13.7. The minimum Gasteiger partial charge on any atom is -0.497 e. The van der Waals surface area contributed by atoms with Gasteiger partial charge in [0.15, 0.2) is 0 Å². The average Bonchev–Trinajstić information content (AvgIpc) is 2.82. The molecular formula is C25H33Cl2N3O5S. The fourth-order valence-corrected chi connectivity index (χ4v) is 4.85. The average molecular weight is 559 g/mol. The summed E-state index contributed by atoms with van der Waals surface area (Å²) in [5.41, 5.74) is 0.840. The lowest BCUT2D eigenvalue weighted by atomic mass is 10.1. The van der Waals surface area contributed by atoms with Crippen LogP contribution in [0.1, 0.15) is 32.8 Å². The fraction of sp³-hybridized carbons (Fsp3) is 0.440. The standard InChI is InChI=1S/C25H33Cl2N3O5S/c1-6-21(25(32)28-14-17(2)3)29(15-18-10-12-19(35-4)13-11-18)23(31)16-30(36(5,33)34)22-9-7-8-20(26)24(22)27/h7-13,17,21H,6,14-16H2,1-5H3,(H,28,32)/t21-/m1/s1. The number of nitrogens with zero attached hydrogens (tertiary/aromatic N) is 2. The van der Waals surface area contributed by atoms with Gasteiger partial charge in [0, 0.05) is 13.1 Å². The van der Waals surface area contributed by atoms with Crippen molar-refractivity contribution in [2.24, 2.45) is 5.92 Å². The first-order chi connectivity index (χ1) is 16.9. The lowest BCUT2D eigenvalue weighted by molar-refractivity contribution is -0.140. The summed E-state index contributed by atoms with van der Waals surface area (Å²) in [6.45, 7) is 5.74. The zero-order valence-corrected chi connectivity index (χ0v) is 23.5. The normalized spacial score (nSPS) is 12.2. The molecule has 0 saturated carbocycles. The molecule has 2 amide bonds. The molecule has 0 radical (unpaired) electrons. The molecular weight excluding hydrogens is 525 g/mol. The fourth-order valence-electron chi connectivity index (χ4n) is 3.55. The highest BCUT2D eigenvalue weighted by atomic mass is 35.5. The van der Waals surface area contributed by atoms with Crippen molar-refractivity contribution >= 4 is 50.7 Å². The Morgan fingerprint density at radius 1 is 1.08 bits per heavy atom. The van der Waals surface area contributed by atoms with Crippen LogP contribution in [-0.2, 0) is 26.2 Å². The third-order valence-electron chi connectivity index (χ3n) is 5.46. The molecule has 0 saturated heterocycles. The number of benzene rings is 2. The van der Waals surface area contributed by atoms with Gasteiger partial charge in [0.25, 0.3) is 0 Å². The molecule has 1 N–H and O–H groups in total. The van der Waals surface area contributed by atoms with Crippen molar-refractivity contribution in [3.63, 3.8) is 0 Å². The molecule has 0 aromatic heterocycles. The molecule has 2 rings (SSSR count). The van der Waals surface area contributed by atoms with Gasteiger partial charge in [-0.15, -0.1) is 0 Å². The number of hydrogen-bond donors (Lipinski definition) is 1. The van der Waals surface area contributed by atoms with E-state index in [2.05, 4.69) is 5.32 Å². The Balaban J connectivity index is 2.46. The van der Waals surface area contributed by atoms with Crippen molar-refractivity contribution in [3.05, 3.63) is 58.1 Å². The third kappa shape index (κ3) is 8.01. The number of carbonyl (C=O) groups is 2. The van der Waals surface area contributed by atoms with Crippen molar-refractivity contribution in [3.8, 4) is 5.75 Å². The molecule has 0 unspecified atom stereocenters. The van der Waals surface area contributed by atoms with Crippen LogP contribution in [0, 0.1) is 5.92 Å². The van der Waals surface area contributed by atoms with Crippen LogP contribution in [0.15, 0.2) is 42.5 Å². The second-order valence-electron chi connectivity index (χ2n) is 8.78. The second kappa shape index (κ2) is 13.2. The molecule has 11 heteroatoms. The molecule has 2 aromatic rings. The van der Waals surface area contributed by atoms with Crippen LogP contribution < -0.4 is 14.4 Å². The van der Waals surface area contributed by atoms with Crippen LogP contribution in [-0.4, -0.2) is 57.6 Å². The van der Waals surface area contributed by atoms with E-state index in [1.807, 2.05) is 13.8 Å². The Kier molecular flexibility index (Phi) is 10.9. The summed E-state index contributed by atoms with van der Waals surface area (Å²) in [6, 6.07) is 10.8. The number of carbonyl (C=O) groups excluding carboxylic acids is 2. The summed E-state index contributed by atoms with van der Waals surface area (Å²) in [5, 5.41) is 3.05. The predicted molar refractivity (Wildman–Crippen MR) is 144 cm³/mol. The van der Waals surface area contributed by atoms with Crippen LogP contribution in [0.3, 0.4) is 0 Å². The molecule has 0 aliphatic heterocycles. The Labute approximate surface area is 223 Å². The van der Waals surface area contributed by atoms with Gasteiger partial charge in [0.05, 0.1) is 29.1 Å². The quantitative estimate of drug-likeness (QED) is 0.418. The van der Waals surface area contributed by atoms with E-state index in [9.17, 15) is 18.0 Å². The highest BCUT2D eigenvalue weighted by Gasteiger charge is 2.32. The molecule has 0 bridgehead atoms. The van der Waals surface area contributed by atoms with Crippen molar-refractivity contribution in [2.45, 2.75) is 39.8 Å². The van der Waals surface area contributed by atoms with Crippen molar-refractivity contribution in [1.82, 2.24) is 10.2 Å². The van der Waals surface area contributed by atoms with Crippen LogP contribution in [0.2, 0.25) is 10.0 Å². The predicted octanol–water partition coefficient (Wildman–Crippen LogP) is 4.35. The van der Waals surface area contributed by atoms with Crippen LogP contribution in [0.5, 0.6) is 5.75 Å². The van der Waals surface area contributed by atoms with E-state index < -0.39 is 28.5 Å². The largest absolute Gasteiger partial charge is 0.497 e. The number of nitrogens with one attached hydrogen (secondary N) is 1. The monoisotopic (exact) mass is 557 g/mol. The van der Waals surface area contributed by atoms with Crippen LogP contribution in [0.25, 0.3) is 0 Å². The summed E-state index contributed by atoms with van der Waals surface area (Å²) < 4.78 is 31.5. The number of sulfonamides is 1.